The summed E-state index contributed by atoms with van der Waals surface area (Å²) in [6.07, 6.45) is 0. The first-order valence-electron chi connectivity index (χ1n) is 6.54. The summed E-state index contributed by atoms with van der Waals surface area (Å²) in [6.45, 7) is 2.54. The molecule has 0 radical (unpaired) electrons. The molecule has 0 atom stereocenters. The molecule has 0 aliphatic heterocycles. The Morgan fingerprint density at radius 1 is 1.10 bits per heavy atom. The van der Waals surface area contributed by atoms with E-state index in [1.165, 1.54) is 0 Å². The number of hydrogen-bond acceptors (Lipinski definition) is 3. The van der Waals surface area contributed by atoms with Crippen LogP contribution in [0.4, 0.5) is 5.69 Å². The minimum Gasteiger partial charge on any atom is -0.494 e. The summed E-state index contributed by atoms with van der Waals surface area (Å²) in [5.74, 6) is 0.588. The second-order valence-corrected chi connectivity index (χ2v) is 4.79. The molecule has 5 heteroatoms. The number of nitrogens with two attached hydrogens (primary N) is 1. The number of nitrogens with one attached hydrogen (secondary N) is 1. The number of ether oxygens (including phenoxy) is 1. The van der Waals surface area contributed by atoms with Gasteiger partial charge in [0.25, 0.3) is 5.91 Å². The fraction of sp³-hybridized carbons (Fsp3) is 0.125. The Bertz CT molecular complexity index is 636. The van der Waals surface area contributed by atoms with E-state index in [4.69, 9.17) is 22.7 Å². The number of benzene rings is 2. The molecular weight excluding hydrogens is 284 g/mol. The molecule has 108 valence electrons. The summed E-state index contributed by atoms with van der Waals surface area (Å²) >= 11 is 4.87. The first kappa shape index (κ1) is 15.0. The Kier molecular flexibility index (Phi) is 4.90. The lowest BCUT2D eigenvalue weighted by Crippen LogP contribution is -2.13. The highest BCUT2D eigenvalue weighted by Gasteiger charge is 2.06. The monoisotopic (exact) mass is 300 g/mol. The van der Waals surface area contributed by atoms with Crippen LogP contribution in [0.2, 0.25) is 0 Å². The second-order valence-electron chi connectivity index (χ2n) is 4.35. The van der Waals surface area contributed by atoms with Crippen LogP contribution in [0.1, 0.15) is 22.8 Å². The number of carbonyl (C=O) groups is 1. The number of amides is 1. The van der Waals surface area contributed by atoms with Gasteiger partial charge < -0.3 is 15.8 Å². The van der Waals surface area contributed by atoms with Crippen molar-refractivity contribution in [1.29, 1.82) is 0 Å². The van der Waals surface area contributed by atoms with Gasteiger partial charge in [0.05, 0.1) is 6.61 Å². The van der Waals surface area contributed by atoms with E-state index in [1.54, 1.807) is 36.4 Å². The molecule has 0 saturated heterocycles. The smallest absolute Gasteiger partial charge is 0.255 e. The second kappa shape index (κ2) is 6.85. The van der Waals surface area contributed by atoms with Crippen LogP contribution in [0.3, 0.4) is 0 Å². The maximum Gasteiger partial charge on any atom is 0.255 e. The van der Waals surface area contributed by atoms with E-state index in [-0.39, 0.29) is 5.91 Å². The average Bonchev–Trinajstić information content (AvgIpc) is 2.49. The van der Waals surface area contributed by atoms with Crippen LogP contribution in [0.15, 0.2) is 48.5 Å². The fourth-order valence-corrected chi connectivity index (χ4v) is 1.93. The van der Waals surface area contributed by atoms with E-state index in [2.05, 4.69) is 5.32 Å². The topological polar surface area (TPSA) is 64.3 Å². The molecule has 0 aliphatic carbocycles. The standard InChI is InChI=1S/C16H16N2O2S/c1-2-20-14-9-7-13(8-10-14)18-16(19)12-5-3-11(4-6-12)15(17)21/h3-10H,2H2,1H3,(H2,17,21)(H,18,19). The lowest BCUT2D eigenvalue weighted by atomic mass is 10.1. The molecule has 0 heterocycles. The van der Waals surface area contributed by atoms with E-state index in [1.807, 2.05) is 19.1 Å². The highest BCUT2D eigenvalue weighted by molar-refractivity contribution is 7.80. The van der Waals surface area contributed by atoms with Crippen LogP contribution >= 0.6 is 12.2 Å². The van der Waals surface area contributed by atoms with Crippen molar-refractivity contribution in [3.05, 3.63) is 59.7 Å². The van der Waals surface area contributed by atoms with Crippen molar-refractivity contribution in [2.45, 2.75) is 6.92 Å². The van der Waals surface area contributed by atoms with Crippen molar-refractivity contribution >= 4 is 28.8 Å². The SMILES string of the molecule is CCOc1ccc(NC(=O)c2ccc(C(N)=S)cc2)cc1. The number of rotatable bonds is 5. The molecule has 0 spiro atoms. The van der Waals surface area contributed by atoms with Crippen LogP contribution in [-0.2, 0) is 0 Å². The third-order valence-electron chi connectivity index (χ3n) is 2.85. The predicted octanol–water partition coefficient (Wildman–Crippen LogP) is 2.97. The van der Waals surface area contributed by atoms with Gasteiger partial charge >= 0.3 is 0 Å². The van der Waals surface area contributed by atoms with Crippen LogP contribution in [0.5, 0.6) is 5.75 Å². The van der Waals surface area contributed by atoms with Gasteiger partial charge in [0, 0.05) is 16.8 Å². The molecule has 2 aromatic rings. The van der Waals surface area contributed by atoms with Gasteiger partial charge in [-0.1, -0.05) is 24.4 Å². The minimum absolute atomic E-state index is 0.186. The van der Waals surface area contributed by atoms with E-state index in [0.29, 0.717) is 22.8 Å². The van der Waals surface area contributed by atoms with Crippen molar-refractivity contribution < 1.29 is 9.53 Å². The maximum absolute atomic E-state index is 12.1. The lowest BCUT2D eigenvalue weighted by Gasteiger charge is -2.07. The summed E-state index contributed by atoms with van der Waals surface area (Å²) in [6, 6.07) is 14.1. The van der Waals surface area contributed by atoms with Gasteiger partial charge in [0.15, 0.2) is 0 Å². The Morgan fingerprint density at radius 3 is 2.19 bits per heavy atom. The quantitative estimate of drug-likeness (QED) is 0.833. The van der Waals surface area contributed by atoms with Crippen LogP contribution in [0, 0.1) is 0 Å². The lowest BCUT2D eigenvalue weighted by molar-refractivity contribution is 0.102. The largest absolute Gasteiger partial charge is 0.494 e. The molecule has 0 bridgehead atoms. The Labute approximate surface area is 128 Å². The van der Waals surface area contributed by atoms with Gasteiger partial charge in [-0.3, -0.25) is 4.79 Å². The third-order valence-corrected chi connectivity index (χ3v) is 3.09. The molecule has 1 amide bonds. The van der Waals surface area contributed by atoms with Gasteiger partial charge in [0.2, 0.25) is 0 Å². The van der Waals surface area contributed by atoms with Crippen LogP contribution in [-0.4, -0.2) is 17.5 Å². The van der Waals surface area contributed by atoms with E-state index in [0.717, 1.165) is 11.3 Å². The van der Waals surface area contributed by atoms with Gasteiger partial charge in [-0.15, -0.1) is 0 Å². The molecule has 2 aromatic carbocycles. The maximum atomic E-state index is 12.1. The van der Waals surface area contributed by atoms with Gasteiger partial charge in [-0.05, 0) is 43.3 Å². The Balaban J connectivity index is 2.05. The molecule has 0 fully saturated rings. The molecule has 2 rings (SSSR count). The number of thiocarbonyl (C=S) groups is 1. The molecule has 0 aromatic heterocycles. The summed E-state index contributed by atoms with van der Waals surface area (Å²) in [7, 11) is 0. The van der Waals surface area contributed by atoms with Crippen molar-refractivity contribution in [2.75, 3.05) is 11.9 Å². The molecule has 21 heavy (non-hydrogen) atoms. The van der Waals surface area contributed by atoms with Gasteiger partial charge in [-0.25, -0.2) is 0 Å². The highest BCUT2D eigenvalue weighted by Crippen LogP contribution is 2.16. The van der Waals surface area contributed by atoms with Crippen LogP contribution < -0.4 is 15.8 Å². The normalized spacial score (nSPS) is 9.95. The molecule has 0 unspecified atom stereocenters. The van der Waals surface area contributed by atoms with Crippen molar-refractivity contribution in [3.63, 3.8) is 0 Å². The zero-order valence-electron chi connectivity index (χ0n) is 11.6. The van der Waals surface area contributed by atoms with E-state index < -0.39 is 0 Å². The van der Waals surface area contributed by atoms with Crippen molar-refractivity contribution in [3.8, 4) is 5.75 Å². The predicted molar refractivity (Wildman–Crippen MR) is 87.9 cm³/mol. The summed E-state index contributed by atoms with van der Waals surface area (Å²) < 4.78 is 5.35. The average molecular weight is 300 g/mol. The number of hydrogen-bond donors (Lipinski definition) is 2. The fourth-order valence-electron chi connectivity index (χ4n) is 1.79. The summed E-state index contributed by atoms with van der Waals surface area (Å²) in [5.41, 5.74) is 7.52. The summed E-state index contributed by atoms with van der Waals surface area (Å²) in [5, 5.41) is 2.82. The summed E-state index contributed by atoms with van der Waals surface area (Å²) in [4.78, 5) is 12.4. The zero-order valence-corrected chi connectivity index (χ0v) is 12.4. The molecule has 0 saturated carbocycles. The molecule has 3 N–H and O–H groups in total. The van der Waals surface area contributed by atoms with Crippen molar-refractivity contribution in [2.24, 2.45) is 5.73 Å². The van der Waals surface area contributed by atoms with Crippen LogP contribution in [0.25, 0.3) is 0 Å². The molecule has 0 aliphatic rings. The first-order valence-corrected chi connectivity index (χ1v) is 6.95. The molecule has 4 nitrogen and oxygen atoms in total. The third kappa shape index (κ3) is 4.03. The Morgan fingerprint density at radius 2 is 1.67 bits per heavy atom. The number of carbonyl (C=O) groups excluding carboxylic acids is 1. The molecular formula is C16H16N2O2S. The minimum atomic E-state index is -0.186. The van der Waals surface area contributed by atoms with Gasteiger partial charge in [-0.2, -0.15) is 0 Å². The number of anilines is 1. The highest BCUT2D eigenvalue weighted by atomic mass is 32.1. The first-order chi connectivity index (χ1) is 10.1. The van der Waals surface area contributed by atoms with E-state index >= 15 is 0 Å². The zero-order chi connectivity index (χ0) is 15.2. The van der Waals surface area contributed by atoms with Gasteiger partial charge in [0.1, 0.15) is 10.7 Å². The van der Waals surface area contributed by atoms with Crippen molar-refractivity contribution in [1.82, 2.24) is 0 Å². The Hall–Kier alpha value is -2.40. The van der Waals surface area contributed by atoms with E-state index in [9.17, 15) is 4.79 Å².